The highest BCUT2D eigenvalue weighted by Crippen LogP contribution is 2.13. The molecule has 0 aromatic carbocycles. The van der Waals surface area contributed by atoms with Crippen molar-refractivity contribution in [3.05, 3.63) is 54.2 Å². The Bertz CT molecular complexity index is 712. The number of amides is 1. The van der Waals surface area contributed by atoms with Crippen LogP contribution >= 0.6 is 0 Å². The molecule has 3 aromatic rings. The molecule has 0 bridgehead atoms. The van der Waals surface area contributed by atoms with Gasteiger partial charge in [-0.15, -0.1) is 0 Å². The van der Waals surface area contributed by atoms with Crippen LogP contribution in [0.25, 0.3) is 0 Å². The van der Waals surface area contributed by atoms with Gasteiger partial charge in [-0.25, -0.2) is 4.98 Å². The first-order valence-corrected chi connectivity index (χ1v) is 6.00. The third kappa shape index (κ3) is 2.61. The topological polar surface area (TPSA) is 86.1 Å². The normalized spacial score (nSPS) is 10.7. The van der Waals surface area contributed by atoms with Crippen LogP contribution in [0.3, 0.4) is 0 Å². The molecular weight excluding hydrogens is 260 g/mol. The van der Waals surface area contributed by atoms with E-state index in [9.17, 15) is 4.79 Å². The van der Waals surface area contributed by atoms with Crippen LogP contribution in [-0.4, -0.2) is 20.6 Å². The average molecular weight is 272 g/mol. The summed E-state index contributed by atoms with van der Waals surface area (Å²) in [4.78, 5) is 15.9. The Morgan fingerprint density at radius 3 is 3.05 bits per heavy atom. The van der Waals surface area contributed by atoms with E-state index in [1.807, 2.05) is 10.8 Å². The first-order chi connectivity index (χ1) is 9.70. The van der Waals surface area contributed by atoms with Crippen LogP contribution in [0.2, 0.25) is 0 Å². The molecule has 0 aliphatic rings. The fraction of sp³-hybridized carbons (Fsp3) is 0.154. The minimum Gasteiger partial charge on any atom is -0.454 e. The lowest BCUT2D eigenvalue weighted by Gasteiger charge is -1.99. The molecule has 0 fully saturated rings. The number of carbonyl (C=O) groups excluding carboxylic acids is 1. The number of aromatic nitrogens is 3. The molecule has 0 radical (unpaired) electrons. The number of hydrogen-bond acceptors (Lipinski definition) is 5. The number of aryl methyl sites for hydroxylation is 1. The van der Waals surface area contributed by atoms with Gasteiger partial charge < -0.3 is 18.8 Å². The van der Waals surface area contributed by atoms with Crippen LogP contribution in [0.15, 0.2) is 45.9 Å². The third-order valence-electron chi connectivity index (χ3n) is 2.65. The number of imidazole rings is 1. The lowest BCUT2D eigenvalue weighted by molar-refractivity contribution is 0.0994. The monoisotopic (exact) mass is 272 g/mol. The third-order valence-corrected chi connectivity index (χ3v) is 2.65. The summed E-state index contributed by atoms with van der Waals surface area (Å²) in [5.41, 5.74) is 0. The van der Waals surface area contributed by atoms with Gasteiger partial charge in [0.1, 0.15) is 11.5 Å². The van der Waals surface area contributed by atoms with Crippen molar-refractivity contribution in [2.45, 2.75) is 13.5 Å². The van der Waals surface area contributed by atoms with Gasteiger partial charge in [-0.2, -0.15) is 0 Å². The lowest BCUT2D eigenvalue weighted by atomic mass is 10.4. The molecule has 102 valence electrons. The quantitative estimate of drug-likeness (QED) is 0.785. The van der Waals surface area contributed by atoms with Crippen LogP contribution in [0.1, 0.15) is 22.1 Å². The molecule has 0 spiro atoms. The SMILES string of the molecule is Cc1cc(NC(=O)c2ccc(Cn3ccnc3)o2)no1. The van der Waals surface area contributed by atoms with Gasteiger partial charge in [0.25, 0.3) is 5.91 Å². The van der Waals surface area contributed by atoms with Crippen molar-refractivity contribution in [2.24, 2.45) is 0 Å². The summed E-state index contributed by atoms with van der Waals surface area (Å²) >= 11 is 0. The summed E-state index contributed by atoms with van der Waals surface area (Å²) in [6.07, 6.45) is 5.18. The second-order valence-electron chi connectivity index (χ2n) is 4.28. The lowest BCUT2D eigenvalue weighted by Crippen LogP contribution is -2.11. The Balaban J connectivity index is 1.68. The van der Waals surface area contributed by atoms with E-state index >= 15 is 0 Å². The number of nitrogens with one attached hydrogen (secondary N) is 1. The Kier molecular flexibility index (Phi) is 3.08. The molecule has 7 nitrogen and oxygen atoms in total. The standard InChI is InChI=1S/C13H12N4O3/c1-9-6-12(16-20-9)15-13(18)11-3-2-10(19-11)7-17-5-4-14-8-17/h2-6,8H,7H2,1H3,(H,15,16,18). The van der Waals surface area contributed by atoms with E-state index in [1.165, 1.54) is 0 Å². The number of hydrogen-bond donors (Lipinski definition) is 1. The maximum Gasteiger partial charge on any atom is 0.292 e. The minimum absolute atomic E-state index is 0.223. The predicted octanol–water partition coefficient (Wildman–Crippen LogP) is 2.07. The van der Waals surface area contributed by atoms with Crippen molar-refractivity contribution in [1.82, 2.24) is 14.7 Å². The highest BCUT2D eigenvalue weighted by molar-refractivity contribution is 6.01. The van der Waals surface area contributed by atoms with Gasteiger partial charge in [0, 0.05) is 18.5 Å². The average Bonchev–Trinajstić information content (AvgIpc) is 3.12. The van der Waals surface area contributed by atoms with Gasteiger partial charge in [-0.1, -0.05) is 5.16 Å². The van der Waals surface area contributed by atoms with Gasteiger partial charge in [-0.3, -0.25) is 4.79 Å². The maximum atomic E-state index is 11.9. The molecule has 0 atom stereocenters. The molecule has 0 saturated carbocycles. The summed E-state index contributed by atoms with van der Waals surface area (Å²) in [6.45, 7) is 2.27. The number of furan rings is 1. The van der Waals surface area contributed by atoms with Gasteiger partial charge >= 0.3 is 0 Å². The van der Waals surface area contributed by atoms with Crippen LogP contribution in [0.5, 0.6) is 0 Å². The van der Waals surface area contributed by atoms with E-state index < -0.39 is 0 Å². The Morgan fingerprint density at radius 2 is 2.35 bits per heavy atom. The zero-order valence-corrected chi connectivity index (χ0v) is 10.7. The minimum atomic E-state index is -0.366. The maximum absolute atomic E-state index is 11.9. The summed E-state index contributed by atoms with van der Waals surface area (Å²) in [5.74, 6) is 1.51. The van der Waals surface area contributed by atoms with E-state index in [1.54, 1.807) is 37.6 Å². The molecular formula is C13H12N4O3. The Morgan fingerprint density at radius 1 is 1.45 bits per heavy atom. The van der Waals surface area contributed by atoms with Crippen molar-refractivity contribution < 1.29 is 13.7 Å². The first-order valence-electron chi connectivity index (χ1n) is 6.00. The number of anilines is 1. The number of carbonyl (C=O) groups is 1. The van der Waals surface area contributed by atoms with E-state index in [4.69, 9.17) is 8.94 Å². The number of nitrogens with zero attached hydrogens (tertiary/aromatic N) is 3. The fourth-order valence-corrected chi connectivity index (χ4v) is 1.75. The van der Waals surface area contributed by atoms with Crippen molar-refractivity contribution in [3.63, 3.8) is 0 Å². The Hall–Kier alpha value is -2.83. The van der Waals surface area contributed by atoms with E-state index in [2.05, 4.69) is 15.5 Å². The molecule has 3 heterocycles. The van der Waals surface area contributed by atoms with E-state index in [0.29, 0.717) is 23.9 Å². The summed E-state index contributed by atoms with van der Waals surface area (Å²) in [5, 5.41) is 6.28. The van der Waals surface area contributed by atoms with Crippen LogP contribution in [-0.2, 0) is 6.54 Å². The molecule has 0 aliphatic carbocycles. The summed E-state index contributed by atoms with van der Waals surface area (Å²) in [6, 6.07) is 5.00. The van der Waals surface area contributed by atoms with Gasteiger partial charge in [0.15, 0.2) is 11.6 Å². The first kappa shape index (κ1) is 12.2. The molecule has 0 saturated heterocycles. The summed E-state index contributed by atoms with van der Waals surface area (Å²) in [7, 11) is 0. The number of rotatable bonds is 4. The molecule has 3 rings (SSSR count). The van der Waals surface area contributed by atoms with E-state index in [-0.39, 0.29) is 11.7 Å². The van der Waals surface area contributed by atoms with Crippen molar-refractivity contribution in [1.29, 1.82) is 0 Å². The molecule has 20 heavy (non-hydrogen) atoms. The van der Waals surface area contributed by atoms with Crippen molar-refractivity contribution in [2.75, 3.05) is 5.32 Å². The molecule has 0 aliphatic heterocycles. The predicted molar refractivity (Wildman–Crippen MR) is 69.2 cm³/mol. The van der Waals surface area contributed by atoms with Gasteiger partial charge in [0.05, 0.1) is 12.9 Å². The van der Waals surface area contributed by atoms with Gasteiger partial charge in [-0.05, 0) is 19.1 Å². The fourth-order valence-electron chi connectivity index (χ4n) is 1.75. The largest absolute Gasteiger partial charge is 0.454 e. The molecule has 1 amide bonds. The highest BCUT2D eigenvalue weighted by atomic mass is 16.5. The van der Waals surface area contributed by atoms with Gasteiger partial charge in [0.2, 0.25) is 0 Å². The molecule has 1 N–H and O–H groups in total. The zero-order valence-electron chi connectivity index (χ0n) is 10.7. The smallest absolute Gasteiger partial charge is 0.292 e. The van der Waals surface area contributed by atoms with Crippen LogP contribution in [0, 0.1) is 6.92 Å². The van der Waals surface area contributed by atoms with E-state index in [0.717, 1.165) is 0 Å². The van der Waals surface area contributed by atoms with Crippen molar-refractivity contribution in [3.8, 4) is 0 Å². The Labute approximate surface area is 114 Å². The summed E-state index contributed by atoms with van der Waals surface area (Å²) < 4.78 is 12.2. The molecule has 3 aromatic heterocycles. The van der Waals surface area contributed by atoms with Crippen LogP contribution in [0.4, 0.5) is 5.82 Å². The second-order valence-corrected chi connectivity index (χ2v) is 4.28. The highest BCUT2D eigenvalue weighted by Gasteiger charge is 2.13. The zero-order chi connectivity index (χ0) is 13.9. The molecule has 7 heteroatoms. The molecule has 0 unspecified atom stereocenters. The van der Waals surface area contributed by atoms with Crippen LogP contribution < -0.4 is 5.32 Å². The second kappa shape index (κ2) is 5.04. The van der Waals surface area contributed by atoms with Crippen molar-refractivity contribution >= 4 is 11.7 Å².